The molecule has 2 saturated heterocycles. The molecule has 1 aromatic carbocycles. The van der Waals surface area contributed by atoms with Crippen LogP contribution in [0.5, 0.6) is 0 Å². The van der Waals surface area contributed by atoms with Crippen LogP contribution in [0.3, 0.4) is 0 Å². The van der Waals surface area contributed by atoms with Crippen LogP contribution in [-0.4, -0.2) is 31.7 Å². The Labute approximate surface area is 128 Å². The van der Waals surface area contributed by atoms with Crippen molar-refractivity contribution in [3.63, 3.8) is 0 Å². The van der Waals surface area contributed by atoms with Crippen molar-refractivity contribution >= 4 is 0 Å². The fourth-order valence-electron chi connectivity index (χ4n) is 4.09. The van der Waals surface area contributed by atoms with E-state index in [0.29, 0.717) is 0 Å². The number of nitrogens with one attached hydrogen (secondary N) is 2. The molecule has 2 fully saturated rings. The van der Waals surface area contributed by atoms with Gasteiger partial charge in [0.1, 0.15) is 12.6 Å². The van der Waals surface area contributed by atoms with Crippen LogP contribution < -0.4 is 9.80 Å². The first-order chi connectivity index (χ1) is 10.3. The second-order valence-corrected chi connectivity index (χ2v) is 6.77. The van der Waals surface area contributed by atoms with E-state index in [9.17, 15) is 5.26 Å². The third-order valence-corrected chi connectivity index (χ3v) is 5.46. The van der Waals surface area contributed by atoms with Crippen LogP contribution in [0.25, 0.3) is 0 Å². The normalized spacial score (nSPS) is 30.7. The number of hydrogen-bond donors (Lipinski definition) is 2. The van der Waals surface area contributed by atoms with E-state index in [0.717, 1.165) is 32.5 Å². The Morgan fingerprint density at radius 3 is 2.24 bits per heavy atom. The first-order valence-corrected chi connectivity index (χ1v) is 8.46. The van der Waals surface area contributed by atoms with Gasteiger partial charge < -0.3 is 9.80 Å². The van der Waals surface area contributed by atoms with Crippen molar-refractivity contribution < 1.29 is 9.80 Å². The number of benzene rings is 1. The highest BCUT2D eigenvalue weighted by molar-refractivity contribution is 5.13. The molecule has 0 spiro atoms. The van der Waals surface area contributed by atoms with Gasteiger partial charge in [-0.1, -0.05) is 30.3 Å². The summed E-state index contributed by atoms with van der Waals surface area (Å²) < 4.78 is 0. The van der Waals surface area contributed by atoms with Crippen molar-refractivity contribution in [2.24, 2.45) is 0 Å². The summed E-state index contributed by atoms with van der Waals surface area (Å²) in [6, 6.07) is 13.5. The number of hydrogen-bond acceptors (Lipinski definition) is 1. The Morgan fingerprint density at radius 2 is 1.62 bits per heavy atom. The predicted molar refractivity (Wildman–Crippen MR) is 83.0 cm³/mol. The summed E-state index contributed by atoms with van der Waals surface area (Å²) in [5.41, 5.74) is 1.34. The first-order valence-electron chi connectivity index (χ1n) is 8.46. The van der Waals surface area contributed by atoms with Gasteiger partial charge in [0.2, 0.25) is 0 Å². The molecular weight excluding hydrogens is 258 g/mol. The SMILES string of the molecule is N#CC1([NH+]2CCCCC2)CC[NH+](Cc2ccccc2)CC1. The van der Waals surface area contributed by atoms with E-state index in [-0.39, 0.29) is 5.54 Å². The van der Waals surface area contributed by atoms with Gasteiger partial charge in [0.25, 0.3) is 0 Å². The summed E-state index contributed by atoms with van der Waals surface area (Å²) in [6.45, 7) is 5.82. The van der Waals surface area contributed by atoms with Crippen LogP contribution in [0.2, 0.25) is 0 Å². The van der Waals surface area contributed by atoms with E-state index in [2.05, 4.69) is 36.4 Å². The summed E-state index contributed by atoms with van der Waals surface area (Å²) >= 11 is 0. The Kier molecular flexibility index (Phi) is 4.57. The lowest BCUT2D eigenvalue weighted by Gasteiger charge is -2.41. The van der Waals surface area contributed by atoms with Gasteiger partial charge in [-0.2, -0.15) is 5.26 Å². The van der Waals surface area contributed by atoms with Crippen LogP contribution in [0.15, 0.2) is 30.3 Å². The number of nitriles is 1. The van der Waals surface area contributed by atoms with Crippen LogP contribution in [-0.2, 0) is 6.54 Å². The monoisotopic (exact) mass is 285 g/mol. The largest absolute Gasteiger partial charge is 0.331 e. The minimum atomic E-state index is -0.0827. The Balaban J connectivity index is 1.59. The maximum Gasteiger partial charge on any atom is 0.195 e. The van der Waals surface area contributed by atoms with Crippen LogP contribution in [0.4, 0.5) is 0 Å². The molecule has 0 aliphatic carbocycles. The number of nitrogens with zero attached hydrogens (tertiary/aromatic N) is 1. The topological polar surface area (TPSA) is 32.7 Å². The van der Waals surface area contributed by atoms with Crippen LogP contribution in [0.1, 0.15) is 37.7 Å². The van der Waals surface area contributed by atoms with Crippen molar-refractivity contribution in [2.75, 3.05) is 26.2 Å². The van der Waals surface area contributed by atoms with Gasteiger partial charge in [0, 0.05) is 5.56 Å². The average Bonchev–Trinajstić information content (AvgIpc) is 2.58. The van der Waals surface area contributed by atoms with Gasteiger partial charge in [0.15, 0.2) is 5.54 Å². The molecule has 0 aromatic heterocycles. The summed E-state index contributed by atoms with van der Waals surface area (Å²) in [5, 5.41) is 9.79. The van der Waals surface area contributed by atoms with E-state index in [1.807, 2.05) is 0 Å². The van der Waals surface area contributed by atoms with Gasteiger partial charge in [-0.25, -0.2) is 0 Å². The smallest absolute Gasteiger partial charge is 0.195 e. The molecule has 112 valence electrons. The van der Waals surface area contributed by atoms with E-state index in [1.165, 1.54) is 37.9 Å². The molecule has 0 radical (unpaired) electrons. The predicted octanol–water partition coefficient (Wildman–Crippen LogP) is 0.196. The number of piperidine rings is 2. The summed E-state index contributed by atoms with van der Waals surface area (Å²) in [5.74, 6) is 0. The minimum absolute atomic E-state index is 0.0827. The van der Waals surface area contributed by atoms with Crippen molar-refractivity contribution in [1.82, 2.24) is 0 Å². The molecule has 3 rings (SSSR count). The lowest BCUT2D eigenvalue weighted by molar-refractivity contribution is -0.979. The van der Waals surface area contributed by atoms with Gasteiger partial charge in [-0.3, -0.25) is 0 Å². The highest BCUT2D eigenvalue weighted by Gasteiger charge is 2.46. The molecule has 0 unspecified atom stereocenters. The van der Waals surface area contributed by atoms with Crippen molar-refractivity contribution in [3.05, 3.63) is 35.9 Å². The standard InChI is InChI=1S/C18H25N3/c19-16-18(21-11-5-2-6-12-21)9-13-20(14-10-18)15-17-7-3-1-4-8-17/h1,3-4,7-8H,2,5-6,9-15H2/p+2. The molecule has 3 heteroatoms. The molecule has 2 heterocycles. The molecule has 2 aliphatic rings. The Hall–Kier alpha value is -1.37. The van der Waals surface area contributed by atoms with E-state index < -0.39 is 0 Å². The number of rotatable bonds is 3. The van der Waals surface area contributed by atoms with Gasteiger partial charge in [-0.15, -0.1) is 0 Å². The third-order valence-electron chi connectivity index (χ3n) is 5.46. The zero-order valence-corrected chi connectivity index (χ0v) is 12.9. The summed E-state index contributed by atoms with van der Waals surface area (Å²) in [7, 11) is 0. The molecular formula is C18H27N3+2. The Morgan fingerprint density at radius 1 is 0.952 bits per heavy atom. The summed E-state index contributed by atoms with van der Waals surface area (Å²) in [6.07, 6.45) is 6.11. The molecule has 21 heavy (non-hydrogen) atoms. The molecule has 0 atom stereocenters. The van der Waals surface area contributed by atoms with Crippen LogP contribution in [0, 0.1) is 11.3 Å². The fraction of sp³-hybridized carbons (Fsp3) is 0.611. The maximum atomic E-state index is 9.79. The molecule has 2 aliphatic heterocycles. The van der Waals surface area contributed by atoms with E-state index in [4.69, 9.17) is 0 Å². The van der Waals surface area contributed by atoms with E-state index >= 15 is 0 Å². The lowest BCUT2D eigenvalue weighted by Crippen LogP contribution is -3.24. The van der Waals surface area contributed by atoms with Crippen molar-refractivity contribution in [2.45, 2.75) is 44.2 Å². The zero-order chi connectivity index (χ0) is 14.5. The number of quaternary nitrogens is 2. The highest BCUT2D eigenvalue weighted by atomic mass is 15.2. The molecule has 0 saturated carbocycles. The molecule has 3 nitrogen and oxygen atoms in total. The number of likely N-dealkylation sites (tertiary alicyclic amines) is 2. The minimum Gasteiger partial charge on any atom is -0.331 e. The fourth-order valence-corrected chi connectivity index (χ4v) is 4.09. The first kappa shape index (κ1) is 14.6. The second kappa shape index (κ2) is 6.60. The quantitative estimate of drug-likeness (QED) is 0.817. The molecule has 0 amide bonds. The molecule has 2 N–H and O–H groups in total. The van der Waals surface area contributed by atoms with Crippen molar-refractivity contribution in [3.8, 4) is 6.07 Å². The second-order valence-electron chi connectivity index (χ2n) is 6.77. The van der Waals surface area contributed by atoms with Crippen LogP contribution >= 0.6 is 0 Å². The maximum absolute atomic E-state index is 9.79. The van der Waals surface area contributed by atoms with Gasteiger partial charge >= 0.3 is 0 Å². The Bertz CT molecular complexity index is 477. The lowest BCUT2D eigenvalue weighted by atomic mass is 9.85. The van der Waals surface area contributed by atoms with Gasteiger partial charge in [-0.05, 0) is 19.3 Å². The third kappa shape index (κ3) is 3.28. The molecule has 1 aromatic rings. The molecule has 0 bridgehead atoms. The van der Waals surface area contributed by atoms with Crippen molar-refractivity contribution in [1.29, 1.82) is 5.26 Å². The highest BCUT2D eigenvalue weighted by Crippen LogP contribution is 2.14. The summed E-state index contributed by atoms with van der Waals surface area (Å²) in [4.78, 5) is 3.22. The zero-order valence-electron chi connectivity index (χ0n) is 12.9. The average molecular weight is 285 g/mol. The van der Waals surface area contributed by atoms with Gasteiger partial charge in [0.05, 0.1) is 39.0 Å². The van der Waals surface area contributed by atoms with E-state index in [1.54, 1.807) is 9.80 Å².